The molecule has 0 aliphatic rings. The third kappa shape index (κ3) is 5.27. The van der Waals surface area contributed by atoms with Crippen LogP contribution in [-0.4, -0.2) is 52.6 Å². The number of aliphatic hydroxyl groups is 1. The molecule has 0 bridgehead atoms. The third-order valence-electron chi connectivity index (χ3n) is 4.09. The Morgan fingerprint density at radius 1 is 1.29 bits per heavy atom. The minimum Gasteiger partial charge on any atom is -0.506 e. The molecule has 0 spiro atoms. The van der Waals surface area contributed by atoms with Gasteiger partial charge in [-0.2, -0.15) is 5.26 Å². The van der Waals surface area contributed by atoms with Crippen LogP contribution in [0.5, 0.6) is 11.5 Å². The van der Waals surface area contributed by atoms with Gasteiger partial charge in [0.25, 0.3) is 5.91 Å². The number of rotatable bonds is 7. The Bertz CT molecular complexity index is 1090. The molecular formula is C20H18N4O7. The van der Waals surface area contributed by atoms with Crippen molar-refractivity contribution in [2.75, 3.05) is 26.0 Å². The second-order valence-corrected chi connectivity index (χ2v) is 6.21. The Labute approximate surface area is 176 Å². The average Bonchev–Trinajstić information content (AvgIpc) is 2.74. The first-order chi connectivity index (χ1) is 14.7. The lowest BCUT2D eigenvalue weighted by Crippen LogP contribution is -2.35. The van der Waals surface area contributed by atoms with Gasteiger partial charge in [0.2, 0.25) is 11.7 Å². The number of phenols is 1. The van der Waals surface area contributed by atoms with Crippen molar-refractivity contribution in [2.45, 2.75) is 0 Å². The van der Waals surface area contributed by atoms with Crippen LogP contribution >= 0.6 is 0 Å². The molecular weight excluding hydrogens is 408 g/mol. The number of aliphatic hydroxyl groups excluding tert-OH is 1. The van der Waals surface area contributed by atoms with Gasteiger partial charge < -0.3 is 25.2 Å². The number of amides is 2. The van der Waals surface area contributed by atoms with Crippen molar-refractivity contribution in [1.82, 2.24) is 4.90 Å². The molecule has 11 nitrogen and oxygen atoms in total. The van der Waals surface area contributed by atoms with E-state index in [2.05, 4.69) is 5.32 Å². The van der Waals surface area contributed by atoms with Crippen LogP contribution in [0.1, 0.15) is 5.56 Å². The van der Waals surface area contributed by atoms with Gasteiger partial charge in [-0.15, -0.1) is 0 Å². The van der Waals surface area contributed by atoms with E-state index < -0.39 is 46.1 Å². The van der Waals surface area contributed by atoms with Crippen molar-refractivity contribution in [3.8, 4) is 17.6 Å². The Hall–Kier alpha value is -4.59. The van der Waals surface area contributed by atoms with Gasteiger partial charge in [-0.3, -0.25) is 19.7 Å². The van der Waals surface area contributed by atoms with E-state index in [4.69, 9.17) is 4.74 Å². The van der Waals surface area contributed by atoms with Gasteiger partial charge in [0, 0.05) is 24.4 Å². The molecule has 2 aromatic carbocycles. The highest BCUT2D eigenvalue weighted by molar-refractivity contribution is 6.05. The molecule has 0 radical (unpaired) electrons. The first kappa shape index (κ1) is 22.7. The lowest BCUT2D eigenvalue weighted by atomic mass is 10.1. The van der Waals surface area contributed by atoms with E-state index in [1.165, 1.54) is 13.1 Å². The van der Waals surface area contributed by atoms with Gasteiger partial charge in [-0.05, 0) is 18.2 Å². The summed E-state index contributed by atoms with van der Waals surface area (Å²) in [5.41, 5.74) is -1.33. The van der Waals surface area contributed by atoms with E-state index in [9.17, 15) is 35.2 Å². The minimum absolute atomic E-state index is 0.298. The van der Waals surface area contributed by atoms with Crippen LogP contribution in [0.25, 0.3) is 5.76 Å². The van der Waals surface area contributed by atoms with E-state index in [1.807, 2.05) is 0 Å². The maximum absolute atomic E-state index is 12.6. The van der Waals surface area contributed by atoms with Crippen LogP contribution < -0.4 is 10.1 Å². The van der Waals surface area contributed by atoms with Crippen LogP contribution in [0.15, 0.2) is 48.0 Å². The summed E-state index contributed by atoms with van der Waals surface area (Å²) >= 11 is 0. The van der Waals surface area contributed by atoms with Gasteiger partial charge in [-0.25, -0.2) is 0 Å². The van der Waals surface area contributed by atoms with Gasteiger partial charge in [0.15, 0.2) is 11.3 Å². The summed E-state index contributed by atoms with van der Waals surface area (Å²) in [5.74, 6) is -3.51. The number of para-hydroxylation sites is 1. The summed E-state index contributed by atoms with van der Waals surface area (Å²) in [5, 5.41) is 43.3. The molecule has 0 aliphatic carbocycles. The topological polar surface area (TPSA) is 166 Å². The molecule has 3 N–H and O–H groups in total. The number of hydrogen-bond donors (Lipinski definition) is 3. The number of nitrogens with one attached hydrogen (secondary N) is 1. The molecule has 160 valence electrons. The highest BCUT2D eigenvalue weighted by Gasteiger charge is 2.26. The zero-order valence-electron chi connectivity index (χ0n) is 16.5. The molecule has 0 saturated heterocycles. The molecule has 0 saturated carbocycles. The predicted molar refractivity (Wildman–Crippen MR) is 109 cm³/mol. The molecule has 2 aromatic rings. The van der Waals surface area contributed by atoms with E-state index in [-0.39, 0.29) is 11.3 Å². The predicted octanol–water partition coefficient (Wildman–Crippen LogP) is 2.20. The monoisotopic (exact) mass is 426 g/mol. The number of anilines is 1. The first-order valence-electron chi connectivity index (χ1n) is 8.69. The van der Waals surface area contributed by atoms with Gasteiger partial charge >= 0.3 is 5.69 Å². The van der Waals surface area contributed by atoms with Crippen LogP contribution in [-0.2, 0) is 9.59 Å². The van der Waals surface area contributed by atoms with Crippen molar-refractivity contribution >= 4 is 28.9 Å². The highest BCUT2D eigenvalue weighted by atomic mass is 16.6. The number of nitro benzene ring substituents is 1. The number of nitrogens with zero attached hydrogens (tertiary/aromatic N) is 3. The maximum Gasteiger partial charge on any atom is 0.315 e. The summed E-state index contributed by atoms with van der Waals surface area (Å²) in [6.07, 6.45) is 0. The standard InChI is InChI=1S/C20H18N4O7/c1-23(11-17(25)22-13-6-4-3-5-7-13)20(28)14(10-21)18(26)12-8-15(24(29)30)19(27)16(9-12)31-2/h3-9,26-27H,11H2,1-2H3,(H,22,25)/b18-14-. The summed E-state index contributed by atoms with van der Waals surface area (Å²) in [6, 6.07) is 11.9. The van der Waals surface area contributed by atoms with E-state index >= 15 is 0 Å². The summed E-state index contributed by atoms with van der Waals surface area (Å²) in [7, 11) is 2.39. The molecule has 31 heavy (non-hydrogen) atoms. The molecule has 2 amide bonds. The van der Waals surface area contributed by atoms with Crippen molar-refractivity contribution < 1.29 is 29.5 Å². The SMILES string of the molecule is COc1cc(/C(O)=C(\C#N)C(=O)N(C)CC(=O)Nc2ccccc2)cc([N+](=O)[O-])c1O. The number of ether oxygens (including phenoxy) is 1. The second kappa shape index (κ2) is 9.75. The van der Waals surface area contributed by atoms with Crippen LogP contribution in [0.3, 0.4) is 0 Å². The normalized spacial score (nSPS) is 11.0. The molecule has 0 atom stereocenters. The number of methoxy groups -OCH3 is 1. The fourth-order valence-electron chi connectivity index (χ4n) is 2.57. The Balaban J connectivity index is 2.31. The zero-order valence-corrected chi connectivity index (χ0v) is 16.5. The van der Waals surface area contributed by atoms with E-state index in [0.29, 0.717) is 5.69 Å². The zero-order chi connectivity index (χ0) is 23.1. The smallest absolute Gasteiger partial charge is 0.315 e. The number of nitriles is 1. The number of likely N-dealkylation sites (N-methyl/N-ethyl adjacent to an activating group) is 1. The number of phenolic OH excluding ortho intramolecular Hbond substituents is 1. The molecule has 11 heteroatoms. The summed E-state index contributed by atoms with van der Waals surface area (Å²) < 4.78 is 4.84. The third-order valence-corrected chi connectivity index (χ3v) is 4.09. The number of aromatic hydroxyl groups is 1. The molecule has 0 aromatic heterocycles. The minimum atomic E-state index is -0.988. The first-order valence-corrected chi connectivity index (χ1v) is 8.69. The number of benzene rings is 2. The quantitative estimate of drug-likeness (QED) is 0.199. The maximum atomic E-state index is 12.6. The van der Waals surface area contributed by atoms with Crippen molar-refractivity contribution in [2.24, 2.45) is 0 Å². The number of hydrogen-bond acceptors (Lipinski definition) is 8. The molecule has 2 rings (SSSR count). The fraction of sp³-hybridized carbons (Fsp3) is 0.150. The van der Waals surface area contributed by atoms with Crippen molar-refractivity contribution in [3.05, 3.63) is 63.7 Å². The largest absolute Gasteiger partial charge is 0.506 e. The Kier molecular flexibility index (Phi) is 7.14. The van der Waals surface area contributed by atoms with Gasteiger partial charge in [0.05, 0.1) is 18.6 Å². The second-order valence-electron chi connectivity index (χ2n) is 6.21. The van der Waals surface area contributed by atoms with Crippen LogP contribution in [0.4, 0.5) is 11.4 Å². The Morgan fingerprint density at radius 2 is 1.94 bits per heavy atom. The average molecular weight is 426 g/mol. The molecule has 0 unspecified atom stereocenters. The number of nitro groups is 1. The highest BCUT2D eigenvalue weighted by Crippen LogP contribution is 2.38. The molecule has 0 heterocycles. The van der Waals surface area contributed by atoms with Gasteiger partial charge in [-0.1, -0.05) is 18.2 Å². The van der Waals surface area contributed by atoms with Gasteiger partial charge in [0.1, 0.15) is 11.8 Å². The Morgan fingerprint density at radius 3 is 2.48 bits per heavy atom. The summed E-state index contributed by atoms with van der Waals surface area (Å²) in [4.78, 5) is 35.9. The number of carbonyl (C=O) groups excluding carboxylic acids is 2. The van der Waals surface area contributed by atoms with E-state index in [1.54, 1.807) is 30.3 Å². The summed E-state index contributed by atoms with van der Waals surface area (Å²) in [6.45, 7) is -0.425. The molecule has 0 aliphatic heterocycles. The van der Waals surface area contributed by atoms with E-state index in [0.717, 1.165) is 24.1 Å². The van der Waals surface area contributed by atoms with Crippen LogP contribution in [0, 0.1) is 21.4 Å². The van der Waals surface area contributed by atoms with Crippen molar-refractivity contribution in [1.29, 1.82) is 5.26 Å². The lowest BCUT2D eigenvalue weighted by molar-refractivity contribution is -0.386. The number of carbonyl (C=O) groups is 2. The fourth-order valence-corrected chi connectivity index (χ4v) is 2.57. The van der Waals surface area contributed by atoms with Crippen LogP contribution in [0.2, 0.25) is 0 Å². The van der Waals surface area contributed by atoms with Crippen molar-refractivity contribution in [3.63, 3.8) is 0 Å². The molecule has 0 fully saturated rings. The lowest BCUT2D eigenvalue weighted by Gasteiger charge is -2.17.